The smallest absolute Gasteiger partial charge is 0.117 e. The molecule has 0 saturated heterocycles. The summed E-state index contributed by atoms with van der Waals surface area (Å²) in [5.41, 5.74) is 2.88. The second kappa shape index (κ2) is 6.58. The van der Waals surface area contributed by atoms with Gasteiger partial charge in [-0.2, -0.15) is 5.26 Å². The number of para-hydroxylation sites is 1. The number of benzene rings is 2. The Bertz CT molecular complexity index is 609. The number of nitrogens with zero attached hydrogens (tertiary/aromatic N) is 2. The van der Waals surface area contributed by atoms with Crippen LogP contribution in [0.4, 0.5) is 5.69 Å². The second-order valence-electron chi connectivity index (χ2n) is 4.76. The average molecular weight is 262 g/mol. The van der Waals surface area contributed by atoms with Crippen LogP contribution in [0.5, 0.6) is 0 Å². The minimum atomic E-state index is 0.206. The molecule has 0 N–H and O–H groups in total. The zero-order valence-corrected chi connectivity index (χ0v) is 11.8. The number of rotatable bonds is 4. The van der Waals surface area contributed by atoms with Crippen molar-refractivity contribution in [2.75, 3.05) is 11.9 Å². The molecule has 0 heterocycles. The Kier molecular flexibility index (Phi) is 4.57. The quantitative estimate of drug-likeness (QED) is 0.767. The van der Waals surface area contributed by atoms with Gasteiger partial charge in [0.15, 0.2) is 0 Å². The molecule has 0 bridgehead atoms. The molecule has 100 valence electrons. The van der Waals surface area contributed by atoms with Crippen LogP contribution in [0.1, 0.15) is 18.4 Å². The van der Waals surface area contributed by atoms with Crippen LogP contribution in [0.3, 0.4) is 0 Å². The molecule has 0 aromatic heterocycles. The van der Waals surface area contributed by atoms with Gasteiger partial charge in [-0.1, -0.05) is 55.5 Å². The van der Waals surface area contributed by atoms with E-state index in [9.17, 15) is 5.26 Å². The first-order valence-corrected chi connectivity index (χ1v) is 6.68. The number of anilines is 1. The molecule has 1 atom stereocenters. The molecule has 20 heavy (non-hydrogen) atoms. The lowest BCUT2D eigenvalue weighted by Gasteiger charge is -2.19. The van der Waals surface area contributed by atoms with Crippen molar-refractivity contribution in [2.24, 2.45) is 0 Å². The largest absolute Gasteiger partial charge is 0.336 e. The highest BCUT2D eigenvalue weighted by Crippen LogP contribution is 2.22. The Morgan fingerprint density at radius 1 is 1.05 bits per heavy atom. The summed E-state index contributed by atoms with van der Waals surface area (Å²) in [5.74, 6) is 0.206. The van der Waals surface area contributed by atoms with Crippen molar-refractivity contribution < 1.29 is 0 Å². The predicted octanol–water partition coefficient (Wildman–Crippen LogP) is 4.33. The van der Waals surface area contributed by atoms with E-state index < -0.39 is 0 Å². The topological polar surface area (TPSA) is 27.0 Å². The van der Waals surface area contributed by atoms with E-state index in [1.807, 2.05) is 66.6 Å². The monoisotopic (exact) mass is 262 g/mol. The molecule has 0 spiro atoms. The lowest BCUT2D eigenvalue weighted by molar-refractivity contribution is 0.945. The van der Waals surface area contributed by atoms with Gasteiger partial charge in [0.1, 0.15) is 11.8 Å². The van der Waals surface area contributed by atoms with E-state index in [2.05, 4.69) is 25.1 Å². The van der Waals surface area contributed by atoms with Crippen LogP contribution < -0.4 is 4.90 Å². The Morgan fingerprint density at radius 3 is 2.15 bits per heavy atom. The van der Waals surface area contributed by atoms with Crippen molar-refractivity contribution in [3.63, 3.8) is 0 Å². The molecule has 0 aliphatic carbocycles. The van der Waals surface area contributed by atoms with E-state index in [1.165, 1.54) is 5.56 Å². The van der Waals surface area contributed by atoms with E-state index in [0.717, 1.165) is 5.69 Å². The molecule has 0 amide bonds. The number of nitriles is 1. The van der Waals surface area contributed by atoms with Crippen molar-refractivity contribution in [1.82, 2.24) is 0 Å². The summed E-state index contributed by atoms with van der Waals surface area (Å²) in [7, 11) is 1.92. The summed E-state index contributed by atoms with van der Waals surface area (Å²) in [5, 5.41) is 9.39. The van der Waals surface area contributed by atoms with Gasteiger partial charge in [0, 0.05) is 18.7 Å². The van der Waals surface area contributed by atoms with Gasteiger partial charge >= 0.3 is 0 Å². The third kappa shape index (κ3) is 3.27. The van der Waals surface area contributed by atoms with Crippen molar-refractivity contribution in [3.05, 3.63) is 78.0 Å². The number of hydrogen-bond acceptors (Lipinski definition) is 2. The standard InChI is InChI=1S/C18H18N2/c1-15(16-9-5-3-6-10-16)13-18(14-19)20(2)17-11-7-4-8-12-17/h3-13,15H,1-2H3/b18-13+. The minimum absolute atomic E-state index is 0.206. The normalized spacial score (nSPS) is 12.6. The maximum Gasteiger partial charge on any atom is 0.117 e. The van der Waals surface area contributed by atoms with Gasteiger partial charge in [-0.15, -0.1) is 0 Å². The summed E-state index contributed by atoms with van der Waals surface area (Å²) >= 11 is 0. The molecule has 0 aliphatic heterocycles. The summed E-state index contributed by atoms with van der Waals surface area (Å²) in [6.45, 7) is 2.10. The first-order valence-electron chi connectivity index (χ1n) is 6.68. The third-order valence-corrected chi connectivity index (χ3v) is 3.35. The van der Waals surface area contributed by atoms with Crippen LogP contribution >= 0.6 is 0 Å². The third-order valence-electron chi connectivity index (χ3n) is 3.35. The first-order chi connectivity index (χ1) is 9.72. The molecule has 0 fully saturated rings. The van der Waals surface area contributed by atoms with Gasteiger partial charge in [0.2, 0.25) is 0 Å². The molecule has 0 radical (unpaired) electrons. The maximum absolute atomic E-state index is 9.39. The maximum atomic E-state index is 9.39. The Labute approximate surface area is 120 Å². The van der Waals surface area contributed by atoms with Gasteiger partial charge in [-0.25, -0.2) is 0 Å². The van der Waals surface area contributed by atoms with Crippen LogP contribution in [0.25, 0.3) is 0 Å². The van der Waals surface area contributed by atoms with Crippen LogP contribution in [0, 0.1) is 11.3 Å². The molecule has 2 aromatic rings. The molecule has 2 aromatic carbocycles. The van der Waals surface area contributed by atoms with Gasteiger partial charge in [0.25, 0.3) is 0 Å². The Balaban J connectivity index is 2.24. The van der Waals surface area contributed by atoms with Gasteiger partial charge in [0.05, 0.1) is 0 Å². The fraction of sp³-hybridized carbons (Fsp3) is 0.167. The fourth-order valence-electron chi connectivity index (χ4n) is 2.10. The van der Waals surface area contributed by atoms with Crippen molar-refractivity contribution >= 4 is 5.69 Å². The second-order valence-corrected chi connectivity index (χ2v) is 4.76. The molecule has 0 aliphatic rings. The molecule has 1 unspecified atom stereocenters. The lowest BCUT2D eigenvalue weighted by Crippen LogP contribution is -2.15. The zero-order chi connectivity index (χ0) is 14.4. The molecular weight excluding hydrogens is 244 g/mol. The summed E-state index contributed by atoms with van der Waals surface area (Å²) in [6.07, 6.45) is 2.00. The minimum Gasteiger partial charge on any atom is -0.336 e. The van der Waals surface area contributed by atoms with E-state index in [0.29, 0.717) is 5.70 Å². The summed E-state index contributed by atoms with van der Waals surface area (Å²) in [4.78, 5) is 1.92. The molecule has 0 saturated carbocycles. The van der Waals surface area contributed by atoms with Crippen molar-refractivity contribution in [3.8, 4) is 6.07 Å². The van der Waals surface area contributed by atoms with Crippen molar-refractivity contribution in [1.29, 1.82) is 5.26 Å². The fourth-order valence-corrected chi connectivity index (χ4v) is 2.10. The molecule has 2 heteroatoms. The van der Waals surface area contributed by atoms with Crippen LogP contribution in [0.15, 0.2) is 72.4 Å². The van der Waals surface area contributed by atoms with Crippen molar-refractivity contribution in [2.45, 2.75) is 12.8 Å². The van der Waals surface area contributed by atoms with Crippen LogP contribution in [-0.4, -0.2) is 7.05 Å². The van der Waals surface area contributed by atoms with Crippen LogP contribution in [0.2, 0.25) is 0 Å². The van der Waals surface area contributed by atoms with Gasteiger partial charge < -0.3 is 4.90 Å². The van der Waals surface area contributed by atoms with Crippen LogP contribution in [-0.2, 0) is 0 Å². The molecular formula is C18H18N2. The molecule has 2 rings (SSSR count). The van der Waals surface area contributed by atoms with Gasteiger partial charge in [-0.3, -0.25) is 0 Å². The Hall–Kier alpha value is -2.53. The van der Waals surface area contributed by atoms with E-state index in [-0.39, 0.29) is 5.92 Å². The highest BCUT2D eigenvalue weighted by atomic mass is 15.1. The average Bonchev–Trinajstić information content (AvgIpc) is 2.53. The number of hydrogen-bond donors (Lipinski definition) is 0. The summed E-state index contributed by atoms with van der Waals surface area (Å²) in [6, 6.07) is 22.4. The van der Waals surface area contributed by atoms with E-state index >= 15 is 0 Å². The summed E-state index contributed by atoms with van der Waals surface area (Å²) < 4.78 is 0. The first kappa shape index (κ1) is 13.9. The SMILES string of the molecule is CC(/C=C(\C#N)N(C)c1ccccc1)c1ccccc1. The lowest BCUT2D eigenvalue weighted by atomic mass is 10.00. The highest BCUT2D eigenvalue weighted by Gasteiger charge is 2.09. The number of allylic oxidation sites excluding steroid dienone is 2. The zero-order valence-electron chi connectivity index (χ0n) is 11.8. The highest BCUT2D eigenvalue weighted by molar-refractivity contribution is 5.54. The van der Waals surface area contributed by atoms with Gasteiger partial charge in [-0.05, 0) is 23.8 Å². The van der Waals surface area contributed by atoms with E-state index in [1.54, 1.807) is 0 Å². The predicted molar refractivity (Wildman–Crippen MR) is 83.4 cm³/mol. The molecule has 2 nitrogen and oxygen atoms in total. The Morgan fingerprint density at radius 2 is 1.60 bits per heavy atom. The van der Waals surface area contributed by atoms with E-state index in [4.69, 9.17) is 0 Å².